The molecular weight excluding hydrogens is 195 g/mol. The quantitative estimate of drug-likeness (QED) is 0.736. The average molecular weight is 215 g/mol. The van der Waals surface area contributed by atoms with E-state index in [1.807, 2.05) is 0 Å². The summed E-state index contributed by atoms with van der Waals surface area (Å²) in [6, 6.07) is 0.264. The number of rotatable bonds is 2. The van der Waals surface area contributed by atoms with Crippen LogP contribution in [-0.4, -0.2) is 12.6 Å². The molecule has 0 radical (unpaired) electrons. The summed E-state index contributed by atoms with van der Waals surface area (Å²) in [5.41, 5.74) is 11.3. The van der Waals surface area contributed by atoms with Gasteiger partial charge in [0.25, 0.3) is 0 Å². The molecule has 0 heterocycles. The van der Waals surface area contributed by atoms with E-state index >= 15 is 0 Å². The van der Waals surface area contributed by atoms with Crippen LogP contribution in [0.15, 0.2) is 0 Å². The average Bonchev–Trinajstić information content (AvgIpc) is 2.05. The second-order valence-corrected chi connectivity index (χ2v) is 3.30. The molecule has 2 nitrogen and oxygen atoms in total. The molecule has 1 atom stereocenters. The molecule has 1 aliphatic rings. The van der Waals surface area contributed by atoms with Crippen molar-refractivity contribution in [2.24, 2.45) is 17.4 Å². The molecule has 0 aliphatic heterocycles. The Hall–Kier alpha value is 0.500. The van der Waals surface area contributed by atoms with Crippen LogP contribution < -0.4 is 11.5 Å². The predicted molar refractivity (Wildman–Crippen MR) is 58.1 cm³/mol. The summed E-state index contributed by atoms with van der Waals surface area (Å²) in [5, 5.41) is 0. The van der Waals surface area contributed by atoms with E-state index in [0.29, 0.717) is 6.54 Å². The number of halogens is 2. The highest BCUT2D eigenvalue weighted by Crippen LogP contribution is 2.24. The fourth-order valence-electron chi connectivity index (χ4n) is 1.75. The monoisotopic (exact) mass is 214 g/mol. The van der Waals surface area contributed by atoms with Crippen molar-refractivity contribution in [2.45, 2.75) is 38.1 Å². The Morgan fingerprint density at radius 1 is 1.08 bits per heavy atom. The molecule has 0 spiro atoms. The Morgan fingerprint density at radius 2 is 1.58 bits per heavy atom. The van der Waals surface area contributed by atoms with Crippen LogP contribution in [0.25, 0.3) is 0 Å². The third kappa shape index (κ3) is 4.51. The highest BCUT2D eigenvalue weighted by molar-refractivity contribution is 5.85. The maximum absolute atomic E-state index is 5.82. The maximum Gasteiger partial charge on any atom is 0.0191 e. The summed E-state index contributed by atoms with van der Waals surface area (Å²) >= 11 is 0. The Bertz CT molecular complexity index is 95.1. The van der Waals surface area contributed by atoms with Crippen molar-refractivity contribution in [2.75, 3.05) is 6.54 Å². The molecule has 4 heteroatoms. The molecule has 0 saturated heterocycles. The minimum Gasteiger partial charge on any atom is -0.329 e. The fourth-order valence-corrected chi connectivity index (χ4v) is 1.75. The van der Waals surface area contributed by atoms with E-state index in [1.165, 1.54) is 32.1 Å². The fraction of sp³-hybridized carbons (Fsp3) is 1.00. The van der Waals surface area contributed by atoms with Crippen LogP contribution in [0.3, 0.4) is 0 Å². The van der Waals surface area contributed by atoms with E-state index in [4.69, 9.17) is 11.5 Å². The minimum absolute atomic E-state index is 0. The molecule has 0 amide bonds. The van der Waals surface area contributed by atoms with Crippen LogP contribution in [-0.2, 0) is 0 Å². The summed E-state index contributed by atoms with van der Waals surface area (Å²) in [5.74, 6) is 0.721. The molecule has 4 N–H and O–H groups in total. The highest BCUT2D eigenvalue weighted by atomic mass is 35.5. The van der Waals surface area contributed by atoms with Crippen LogP contribution in [0.1, 0.15) is 32.1 Å². The molecule has 12 heavy (non-hydrogen) atoms. The summed E-state index contributed by atoms with van der Waals surface area (Å²) in [7, 11) is 0. The molecule has 1 fully saturated rings. The van der Waals surface area contributed by atoms with Crippen LogP contribution in [0.4, 0.5) is 0 Å². The topological polar surface area (TPSA) is 52.0 Å². The third-order valence-corrected chi connectivity index (χ3v) is 2.53. The van der Waals surface area contributed by atoms with Gasteiger partial charge in [0.15, 0.2) is 0 Å². The molecule has 1 rings (SSSR count). The zero-order chi connectivity index (χ0) is 7.40. The van der Waals surface area contributed by atoms with Crippen LogP contribution >= 0.6 is 24.8 Å². The Balaban J connectivity index is 0. The largest absolute Gasteiger partial charge is 0.329 e. The van der Waals surface area contributed by atoms with Gasteiger partial charge >= 0.3 is 0 Å². The highest BCUT2D eigenvalue weighted by Gasteiger charge is 2.18. The van der Waals surface area contributed by atoms with Gasteiger partial charge in [0.2, 0.25) is 0 Å². The van der Waals surface area contributed by atoms with Crippen LogP contribution in [0, 0.1) is 5.92 Å². The smallest absolute Gasteiger partial charge is 0.0191 e. The van der Waals surface area contributed by atoms with E-state index in [9.17, 15) is 0 Å². The van der Waals surface area contributed by atoms with Crippen molar-refractivity contribution >= 4 is 24.8 Å². The minimum atomic E-state index is 0. The second-order valence-electron chi connectivity index (χ2n) is 3.30. The molecule has 0 aromatic rings. The standard InChI is InChI=1S/C8H18N2.2ClH/c9-6-8(10)7-4-2-1-3-5-7;;/h7-8H,1-6,9-10H2;2*1H. The molecule has 1 saturated carbocycles. The van der Waals surface area contributed by atoms with Gasteiger partial charge in [-0.25, -0.2) is 0 Å². The van der Waals surface area contributed by atoms with Gasteiger partial charge in [-0.15, -0.1) is 24.8 Å². The summed E-state index contributed by atoms with van der Waals surface area (Å²) in [6.45, 7) is 0.657. The van der Waals surface area contributed by atoms with Gasteiger partial charge in [-0.2, -0.15) is 0 Å². The van der Waals surface area contributed by atoms with Crippen molar-refractivity contribution in [3.8, 4) is 0 Å². The number of hydrogen-bond donors (Lipinski definition) is 2. The maximum atomic E-state index is 5.82. The van der Waals surface area contributed by atoms with Gasteiger partial charge in [-0.3, -0.25) is 0 Å². The van der Waals surface area contributed by atoms with E-state index in [-0.39, 0.29) is 30.9 Å². The van der Waals surface area contributed by atoms with Crippen molar-refractivity contribution in [3.05, 3.63) is 0 Å². The zero-order valence-corrected chi connectivity index (χ0v) is 9.00. The molecule has 1 aliphatic carbocycles. The van der Waals surface area contributed by atoms with Crippen molar-refractivity contribution in [1.29, 1.82) is 0 Å². The van der Waals surface area contributed by atoms with Gasteiger partial charge in [0, 0.05) is 12.6 Å². The second kappa shape index (κ2) is 8.11. The molecular formula is C8H20Cl2N2. The zero-order valence-electron chi connectivity index (χ0n) is 7.37. The summed E-state index contributed by atoms with van der Waals surface area (Å²) in [6.07, 6.45) is 6.72. The Morgan fingerprint density at radius 3 is 2.00 bits per heavy atom. The predicted octanol–water partition coefficient (Wildman–Crippen LogP) is 1.70. The van der Waals surface area contributed by atoms with Crippen molar-refractivity contribution in [3.63, 3.8) is 0 Å². The van der Waals surface area contributed by atoms with E-state index in [2.05, 4.69) is 0 Å². The number of hydrogen-bond acceptors (Lipinski definition) is 2. The first-order valence-electron chi connectivity index (χ1n) is 4.30. The van der Waals surface area contributed by atoms with Gasteiger partial charge in [-0.1, -0.05) is 19.3 Å². The van der Waals surface area contributed by atoms with Crippen LogP contribution in [0.2, 0.25) is 0 Å². The molecule has 76 valence electrons. The van der Waals surface area contributed by atoms with E-state index in [1.54, 1.807) is 0 Å². The normalized spacial score (nSPS) is 20.5. The van der Waals surface area contributed by atoms with E-state index < -0.39 is 0 Å². The summed E-state index contributed by atoms with van der Waals surface area (Å²) in [4.78, 5) is 0. The first-order valence-corrected chi connectivity index (χ1v) is 4.30. The Kier molecular flexibility index (Phi) is 10.1. The number of nitrogens with two attached hydrogens (primary N) is 2. The van der Waals surface area contributed by atoms with Crippen LogP contribution in [0.5, 0.6) is 0 Å². The van der Waals surface area contributed by atoms with Gasteiger partial charge in [0.05, 0.1) is 0 Å². The molecule has 0 bridgehead atoms. The lowest BCUT2D eigenvalue weighted by atomic mass is 9.84. The van der Waals surface area contributed by atoms with Gasteiger partial charge in [-0.05, 0) is 18.8 Å². The van der Waals surface area contributed by atoms with Crippen molar-refractivity contribution < 1.29 is 0 Å². The van der Waals surface area contributed by atoms with Gasteiger partial charge in [0.1, 0.15) is 0 Å². The third-order valence-electron chi connectivity index (χ3n) is 2.53. The first kappa shape index (κ1) is 15.0. The van der Waals surface area contributed by atoms with Gasteiger partial charge < -0.3 is 11.5 Å². The first-order chi connectivity index (χ1) is 4.84. The lowest BCUT2D eigenvalue weighted by molar-refractivity contribution is 0.308. The Labute approximate surface area is 87.3 Å². The molecule has 0 aromatic carbocycles. The molecule has 1 unspecified atom stereocenters. The lowest BCUT2D eigenvalue weighted by Crippen LogP contribution is -2.38. The SMILES string of the molecule is Cl.Cl.NCC(N)C1CCCCC1. The summed E-state index contributed by atoms with van der Waals surface area (Å²) < 4.78 is 0. The van der Waals surface area contributed by atoms with E-state index in [0.717, 1.165) is 5.92 Å². The van der Waals surface area contributed by atoms with Crippen molar-refractivity contribution in [1.82, 2.24) is 0 Å². The lowest BCUT2D eigenvalue weighted by Gasteiger charge is -2.26. The molecule has 0 aromatic heterocycles.